The van der Waals surface area contributed by atoms with E-state index < -0.39 is 0 Å². The van der Waals surface area contributed by atoms with Crippen LogP contribution in [0.25, 0.3) is 0 Å². The summed E-state index contributed by atoms with van der Waals surface area (Å²) < 4.78 is 5.10. The molecule has 1 rings (SSSR count). The number of hydrogen-bond acceptors (Lipinski definition) is 3. The van der Waals surface area contributed by atoms with Gasteiger partial charge in [0, 0.05) is 19.3 Å². The Morgan fingerprint density at radius 3 is 2.83 bits per heavy atom. The highest BCUT2D eigenvalue weighted by molar-refractivity contribution is 5.93. The molecule has 0 aliphatic rings. The molecule has 0 fully saturated rings. The molecule has 0 saturated heterocycles. The summed E-state index contributed by atoms with van der Waals surface area (Å²) in [6.07, 6.45) is 1.84. The molecule has 0 spiro atoms. The molecular formula is C13H22N4O. The number of ether oxygens (including phenoxy) is 1. The molecule has 0 amide bonds. The molecule has 0 saturated carbocycles. The Morgan fingerprint density at radius 2 is 2.17 bits per heavy atom. The number of nitrogens with one attached hydrogen (secondary N) is 2. The highest BCUT2D eigenvalue weighted by atomic mass is 16.5. The van der Waals surface area contributed by atoms with Gasteiger partial charge in [0.05, 0.1) is 6.61 Å². The van der Waals surface area contributed by atoms with E-state index in [0.29, 0.717) is 12.6 Å². The summed E-state index contributed by atoms with van der Waals surface area (Å²) in [6.45, 7) is 3.51. The van der Waals surface area contributed by atoms with Crippen molar-refractivity contribution in [2.45, 2.75) is 19.8 Å². The minimum Gasteiger partial charge on any atom is -0.384 e. The predicted octanol–water partition coefficient (Wildman–Crippen LogP) is 1.52. The Hall–Kier alpha value is -1.59. The molecule has 0 heterocycles. The van der Waals surface area contributed by atoms with E-state index in [2.05, 4.69) is 28.7 Å². The Balaban J connectivity index is 2.75. The molecule has 1 aromatic carbocycles. The minimum absolute atomic E-state index is 0.585. The molecule has 0 unspecified atom stereocenters. The molecule has 0 bridgehead atoms. The first kappa shape index (κ1) is 14.5. The van der Waals surface area contributed by atoms with Gasteiger partial charge in [-0.05, 0) is 24.5 Å². The van der Waals surface area contributed by atoms with E-state index in [1.54, 1.807) is 7.11 Å². The summed E-state index contributed by atoms with van der Waals surface area (Å²) in [5.41, 5.74) is 4.76. The van der Waals surface area contributed by atoms with Gasteiger partial charge in [0.1, 0.15) is 0 Å². The zero-order chi connectivity index (χ0) is 13.2. The molecule has 0 radical (unpaired) electrons. The van der Waals surface area contributed by atoms with Crippen LogP contribution in [-0.2, 0) is 11.2 Å². The van der Waals surface area contributed by atoms with Gasteiger partial charge >= 0.3 is 0 Å². The Morgan fingerprint density at radius 1 is 1.39 bits per heavy atom. The third kappa shape index (κ3) is 4.73. The first-order valence-electron chi connectivity index (χ1n) is 6.16. The average molecular weight is 250 g/mol. The largest absolute Gasteiger partial charge is 0.384 e. The lowest BCUT2D eigenvalue weighted by Gasteiger charge is -2.13. The Labute approximate surface area is 108 Å². The van der Waals surface area contributed by atoms with Crippen LogP contribution in [0.3, 0.4) is 0 Å². The third-order valence-corrected chi connectivity index (χ3v) is 2.48. The standard InChI is InChI=1S/C13H22N4O/c1-3-9-15-13(17-14)16-12-7-5-4-6-11(12)8-10-18-2/h4-7H,3,8-10,14H2,1-2H3,(H2,15,16,17). The lowest BCUT2D eigenvalue weighted by molar-refractivity contribution is 0.202. The highest BCUT2D eigenvalue weighted by Crippen LogP contribution is 2.15. The normalized spacial score (nSPS) is 11.4. The van der Waals surface area contributed by atoms with Crippen LogP contribution in [0.4, 0.5) is 5.69 Å². The fourth-order valence-corrected chi connectivity index (χ4v) is 1.54. The molecule has 100 valence electrons. The third-order valence-electron chi connectivity index (χ3n) is 2.48. The zero-order valence-electron chi connectivity index (χ0n) is 11.1. The maximum Gasteiger partial charge on any atom is 0.210 e. The minimum atomic E-state index is 0.585. The topological polar surface area (TPSA) is 71.7 Å². The Bertz CT molecular complexity index is 379. The van der Waals surface area contributed by atoms with Crippen LogP contribution in [0.2, 0.25) is 0 Å². The quantitative estimate of drug-likeness (QED) is 0.310. The van der Waals surface area contributed by atoms with Crippen molar-refractivity contribution in [3.05, 3.63) is 29.8 Å². The van der Waals surface area contributed by atoms with Gasteiger partial charge in [0.2, 0.25) is 5.96 Å². The van der Waals surface area contributed by atoms with Gasteiger partial charge in [0.15, 0.2) is 0 Å². The summed E-state index contributed by atoms with van der Waals surface area (Å²) in [5, 5.41) is 3.20. The number of anilines is 1. The van der Waals surface area contributed by atoms with Crippen molar-refractivity contribution in [3.63, 3.8) is 0 Å². The van der Waals surface area contributed by atoms with Gasteiger partial charge < -0.3 is 10.1 Å². The van der Waals surface area contributed by atoms with Crippen molar-refractivity contribution >= 4 is 11.6 Å². The number of aliphatic imine (C=N–C) groups is 1. The first-order valence-corrected chi connectivity index (χ1v) is 6.16. The monoisotopic (exact) mass is 250 g/mol. The van der Waals surface area contributed by atoms with Crippen LogP contribution in [0.5, 0.6) is 0 Å². The lowest BCUT2D eigenvalue weighted by Crippen LogP contribution is -2.36. The fourth-order valence-electron chi connectivity index (χ4n) is 1.54. The second kappa shape index (κ2) is 8.49. The number of hydrogen-bond donors (Lipinski definition) is 3. The van der Waals surface area contributed by atoms with Gasteiger partial charge in [-0.15, -0.1) is 0 Å². The maximum absolute atomic E-state index is 5.44. The molecule has 0 aliphatic carbocycles. The van der Waals surface area contributed by atoms with Gasteiger partial charge in [-0.1, -0.05) is 25.1 Å². The molecule has 0 atom stereocenters. The number of rotatable bonds is 6. The van der Waals surface area contributed by atoms with Gasteiger partial charge in [-0.25, -0.2) is 5.84 Å². The second-order valence-corrected chi connectivity index (χ2v) is 3.90. The molecule has 4 N–H and O–H groups in total. The molecule has 0 aromatic heterocycles. The van der Waals surface area contributed by atoms with Crippen LogP contribution < -0.4 is 16.6 Å². The molecule has 1 aromatic rings. The number of methoxy groups -OCH3 is 1. The summed E-state index contributed by atoms with van der Waals surface area (Å²) in [5.74, 6) is 6.03. The van der Waals surface area contributed by atoms with Crippen LogP contribution in [0.15, 0.2) is 29.3 Å². The Kier molecular flexibility index (Phi) is 6.83. The predicted molar refractivity (Wildman–Crippen MR) is 75.6 cm³/mol. The van der Waals surface area contributed by atoms with Crippen molar-refractivity contribution < 1.29 is 4.74 Å². The smallest absolute Gasteiger partial charge is 0.210 e. The molecule has 5 nitrogen and oxygen atoms in total. The van der Waals surface area contributed by atoms with Crippen LogP contribution in [-0.4, -0.2) is 26.2 Å². The molecule has 0 aliphatic heterocycles. The first-order chi connectivity index (χ1) is 8.81. The maximum atomic E-state index is 5.44. The van der Waals surface area contributed by atoms with Crippen LogP contribution >= 0.6 is 0 Å². The van der Waals surface area contributed by atoms with E-state index in [0.717, 1.165) is 25.1 Å². The van der Waals surface area contributed by atoms with Crippen molar-refractivity contribution in [2.24, 2.45) is 10.8 Å². The van der Waals surface area contributed by atoms with Crippen LogP contribution in [0, 0.1) is 0 Å². The van der Waals surface area contributed by atoms with Crippen LogP contribution in [0.1, 0.15) is 18.9 Å². The lowest BCUT2D eigenvalue weighted by atomic mass is 10.1. The SMILES string of the molecule is CCCN=C(NN)Nc1ccccc1CCOC. The summed E-state index contributed by atoms with van der Waals surface area (Å²) in [4.78, 5) is 4.32. The summed E-state index contributed by atoms with van der Waals surface area (Å²) in [7, 11) is 1.70. The van der Waals surface area contributed by atoms with E-state index in [1.165, 1.54) is 5.56 Å². The van der Waals surface area contributed by atoms with Gasteiger partial charge in [-0.3, -0.25) is 10.4 Å². The van der Waals surface area contributed by atoms with E-state index in [4.69, 9.17) is 10.6 Å². The number of nitrogens with zero attached hydrogens (tertiary/aromatic N) is 1. The fraction of sp³-hybridized carbons (Fsp3) is 0.462. The van der Waals surface area contributed by atoms with Crippen molar-refractivity contribution in [1.82, 2.24) is 5.43 Å². The molecule has 18 heavy (non-hydrogen) atoms. The van der Waals surface area contributed by atoms with E-state index in [9.17, 15) is 0 Å². The summed E-state index contributed by atoms with van der Waals surface area (Å²) >= 11 is 0. The number of hydrazine groups is 1. The van der Waals surface area contributed by atoms with Gasteiger partial charge in [-0.2, -0.15) is 0 Å². The van der Waals surface area contributed by atoms with Gasteiger partial charge in [0.25, 0.3) is 0 Å². The number of guanidine groups is 1. The van der Waals surface area contributed by atoms with E-state index in [1.807, 2.05) is 18.2 Å². The van der Waals surface area contributed by atoms with E-state index >= 15 is 0 Å². The van der Waals surface area contributed by atoms with E-state index in [-0.39, 0.29) is 0 Å². The zero-order valence-corrected chi connectivity index (χ0v) is 11.1. The number of para-hydroxylation sites is 1. The average Bonchev–Trinajstić information content (AvgIpc) is 2.42. The highest BCUT2D eigenvalue weighted by Gasteiger charge is 2.03. The second-order valence-electron chi connectivity index (χ2n) is 3.90. The molecule has 5 heteroatoms. The van der Waals surface area contributed by atoms with Crippen molar-refractivity contribution in [3.8, 4) is 0 Å². The van der Waals surface area contributed by atoms with Crippen molar-refractivity contribution in [2.75, 3.05) is 25.6 Å². The molecular weight excluding hydrogens is 228 g/mol. The number of benzene rings is 1. The van der Waals surface area contributed by atoms with Crippen molar-refractivity contribution in [1.29, 1.82) is 0 Å². The summed E-state index contributed by atoms with van der Waals surface area (Å²) in [6, 6.07) is 8.06. The number of nitrogens with two attached hydrogens (primary N) is 1.